The van der Waals surface area contributed by atoms with Crippen molar-refractivity contribution >= 4 is 56.3 Å². The molecule has 0 fully saturated rings. The summed E-state index contributed by atoms with van der Waals surface area (Å²) in [5.41, 5.74) is 1.27. The van der Waals surface area contributed by atoms with Gasteiger partial charge in [-0.1, -0.05) is 29.3 Å². The summed E-state index contributed by atoms with van der Waals surface area (Å²) in [6.07, 6.45) is 1.06. The summed E-state index contributed by atoms with van der Waals surface area (Å²) in [4.78, 5) is 11.9. The number of benzene rings is 2. The number of sulfonamides is 1. The summed E-state index contributed by atoms with van der Waals surface area (Å²) in [6, 6.07) is 10.6. The molecule has 2 aromatic carbocycles. The molecule has 2 aromatic rings. The van der Waals surface area contributed by atoms with Crippen molar-refractivity contribution in [3.05, 3.63) is 52.5 Å². The van der Waals surface area contributed by atoms with Gasteiger partial charge < -0.3 is 10.6 Å². The van der Waals surface area contributed by atoms with Gasteiger partial charge in [0.15, 0.2) is 0 Å². The van der Waals surface area contributed by atoms with Crippen LogP contribution in [-0.4, -0.2) is 20.7 Å². The molecule has 0 unspecified atom stereocenters. The summed E-state index contributed by atoms with van der Waals surface area (Å²) >= 11 is 11.9. The first kappa shape index (κ1) is 17.4. The minimum absolute atomic E-state index is 0.247. The van der Waals surface area contributed by atoms with Crippen molar-refractivity contribution in [3.8, 4) is 0 Å². The number of carbonyl (C=O) groups excluding carboxylic acids is 1. The molecule has 0 aliphatic carbocycles. The highest BCUT2D eigenvalue weighted by Gasteiger charge is 2.08. The van der Waals surface area contributed by atoms with Crippen molar-refractivity contribution in [2.75, 3.05) is 21.6 Å². The Kier molecular flexibility index (Phi) is 5.35. The Bertz CT molecular complexity index is 824. The van der Waals surface area contributed by atoms with Gasteiger partial charge in [-0.15, -0.1) is 0 Å². The van der Waals surface area contributed by atoms with Crippen molar-refractivity contribution in [3.63, 3.8) is 0 Å². The second kappa shape index (κ2) is 7.08. The number of rotatable bonds is 4. The van der Waals surface area contributed by atoms with E-state index in [-0.39, 0.29) is 5.02 Å². The molecule has 0 radical (unpaired) electrons. The van der Waals surface area contributed by atoms with Crippen LogP contribution in [0.25, 0.3) is 0 Å². The third-order valence-electron chi connectivity index (χ3n) is 2.65. The molecule has 0 saturated heterocycles. The van der Waals surface area contributed by atoms with Crippen LogP contribution in [0.3, 0.4) is 0 Å². The van der Waals surface area contributed by atoms with Crippen LogP contribution in [0.2, 0.25) is 10.0 Å². The second-order valence-corrected chi connectivity index (χ2v) is 7.17. The molecule has 122 valence electrons. The Morgan fingerprint density at radius 2 is 1.57 bits per heavy atom. The molecule has 0 aromatic heterocycles. The summed E-state index contributed by atoms with van der Waals surface area (Å²) in [7, 11) is -3.34. The lowest BCUT2D eigenvalue weighted by atomic mass is 10.3. The Hall–Kier alpha value is -1.96. The molecule has 0 aliphatic heterocycles. The van der Waals surface area contributed by atoms with Gasteiger partial charge in [0.05, 0.1) is 22.0 Å². The first-order valence-corrected chi connectivity index (χ1v) is 8.99. The largest absolute Gasteiger partial charge is 0.323 e. The fourth-order valence-corrected chi connectivity index (χ4v) is 2.63. The molecular weight excluding hydrogens is 361 g/mol. The maximum Gasteiger partial charge on any atom is 0.323 e. The van der Waals surface area contributed by atoms with Crippen LogP contribution < -0.4 is 15.4 Å². The predicted molar refractivity (Wildman–Crippen MR) is 94.0 cm³/mol. The zero-order chi connectivity index (χ0) is 17.0. The molecule has 9 heteroatoms. The third kappa shape index (κ3) is 5.31. The van der Waals surface area contributed by atoms with E-state index in [0.29, 0.717) is 22.1 Å². The molecule has 0 atom stereocenters. The average molecular weight is 374 g/mol. The summed E-state index contributed by atoms with van der Waals surface area (Å²) in [5.74, 6) is 0. The fraction of sp³-hybridized carbons (Fsp3) is 0.0714. The van der Waals surface area contributed by atoms with Crippen molar-refractivity contribution in [1.29, 1.82) is 0 Å². The molecule has 2 amide bonds. The minimum atomic E-state index is -3.34. The van der Waals surface area contributed by atoms with Crippen LogP contribution in [0.4, 0.5) is 21.9 Å². The van der Waals surface area contributed by atoms with E-state index in [4.69, 9.17) is 23.2 Å². The summed E-state index contributed by atoms with van der Waals surface area (Å²) < 4.78 is 24.6. The number of hydrogen-bond donors (Lipinski definition) is 3. The standard InChI is InChI=1S/C14H13Cl2N3O3S/c1-23(21,22)19-10-7-5-9(6-8-10)17-14(20)18-12-4-2-3-11(15)13(12)16/h2-8,19H,1H3,(H2,17,18,20). The Morgan fingerprint density at radius 1 is 0.957 bits per heavy atom. The van der Waals surface area contributed by atoms with E-state index in [2.05, 4.69) is 15.4 Å². The van der Waals surface area contributed by atoms with Crippen molar-refractivity contribution in [1.82, 2.24) is 0 Å². The molecular formula is C14H13Cl2N3O3S. The quantitative estimate of drug-likeness (QED) is 0.756. The second-order valence-electron chi connectivity index (χ2n) is 4.63. The number of anilines is 3. The van der Waals surface area contributed by atoms with Crippen LogP contribution in [0.5, 0.6) is 0 Å². The summed E-state index contributed by atoms with van der Waals surface area (Å²) in [6.45, 7) is 0. The number of urea groups is 1. The number of carbonyl (C=O) groups is 1. The highest BCUT2D eigenvalue weighted by atomic mass is 35.5. The van der Waals surface area contributed by atoms with E-state index in [0.717, 1.165) is 6.26 Å². The SMILES string of the molecule is CS(=O)(=O)Nc1ccc(NC(=O)Nc2cccc(Cl)c2Cl)cc1. The van der Waals surface area contributed by atoms with Gasteiger partial charge in [0.1, 0.15) is 0 Å². The smallest absolute Gasteiger partial charge is 0.308 e. The molecule has 23 heavy (non-hydrogen) atoms. The molecule has 0 heterocycles. The van der Waals surface area contributed by atoms with Gasteiger partial charge in [0.2, 0.25) is 10.0 Å². The zero-order valence-electron chi connectivity index (χ0n) is 11.9. The number of amides is 2. The van der Waals surface area contributed by atoms with Crippen LogP contribution >= 0.6 is 23.2 Å². The van der Waals surface area contributed by atoms with Crippen LogP contribution in [-0.2, 0) is 10.0 Å². The normalized spacial score (nSPS) is 10.9. The molecule has 3 N–H and O–H groups in total. The highest BCUT2D eigenvalue weighted by Crippen LogP contribution is 2.29. The van der Waals surface area contributed by atoms with Crippen LogP contribution in [0.15, 0.2) is 42.5 Å². The maximum absolute atomic E-state index is 11.9. The molecule has 0 bridgehead atoms. The number of hydrogen-bond acceptors (Lipinski definition) is 3. The van der Waals surface area contributed by atoms with Gasteiger partial charge in [-0.2, -0.15) is 0 Å². The highest BCUT2D eigenvalue weighted by molar-refractivity contribution is 7.92. The van der Waals surface area contributed by atoms with Crippen LogP contribution in [0.1, 0.15) is 0 Å². The molecule has 0 spiro atoms. The predicted octanol–water partition coefficient (Wildman–Crippen LogP) is 4.01. The third-order valence-corrected chi connectivity index (χ3v) is 4.07. The van der Waals surface area contributed by atoms with E-state index >= 15 is 0 Å². The topological polar surface area (TPSA) is 87.3 Å². The van der Waals surface area contributed by atoms with E-state index in [9.17, 15) is 13.2 Å². The van der Waals surface area contributed by atoms with E-state index in [1.54, 1.807) is 30.3 Å². The van der Waals surface area contributed by atoms with Crippen LogP contribution in [0, 0.1) is 0 Å². The van der Waals surface area contributed by atoms with E-state index in [1.807, 2.05) is 0 Å². The van der Waals surface area contributed by atoms with E-state index in [1.165, 1.54) is 12.1 Å². The maximum atomic E-state index is 11.9. The average Bonchev–Trinajstić information content (AvgIpc) is 2.44. The Morgan fingerprint density at radius 3 is 2.17 bits per heavy atom. The molecule has 0 aliphatic rings. The van der Waals surface area contributed by atoms with Crippen molar-refractivity contribution in [2.45, 2.75) is 0 Å². The Labute approximate surface area is 143 Å². The van der Waals surface area contributed by atoms with Gasteiger partial charge >= 0.3 is 6.03 Å². The zero-order valence-corrected chi connectivity index (χ0v) is 14.3. The first-order valence-electron chi connectivity index (χ1n) is 6.34. The van der Waals surface area contributed by atoms with Gasteiger partial charge in [0, 0.05) is 11.4 Å². The van der Waals surface area contributed by atoms with Crippen molar-refractivity contribution < 1.29 is 13.2 Å². The number of halogens is 2. The fourth-order valence-electron chi connectivity index (χ4n) is 1.72. The van der Waals surface area contributed by atoms with Gasteiger partial charge in [0.25, 0.3) is 0 Å². The Balaban J connectivity index is 2.02. The van der Waals surface area contributed by atoms with Gasteiger partial charge in [-0.05, 0) is 36.4 Å². The summed E-state index contributed by atoms with van der Waals surface area (Å²) in [5, 5.41) is 5.75. The monoisotopic (exact) mass is 373 g/mol. The molecule has 6 nitrogen and oxygen atoms in total. The van der Waals surface area contributed by atoms with Crippen molar-refractivity contribution in [2.24, 2.45) is 0 Å². The lowest BCUT2D eigenvalue weighted by Gasteiger charge is -2.10. The number of nitrogens with one attached hydrogen (secondary N) is 3. The van der Waals surface area contributed by atoms with Gasteiger partial charge in [-0.25, -0.2) is 13.2 Å². The van der Waals surface area contributed by atoms with Gasteiger partial charge in [-0.3, -0.25) is 4.72 Å². The lowest BCUT2D eigenvalue weighted by Crippen LogP contribution is -2.19. The molecule has 0 saturated carbocycles. The lowest BCUT2D eigenvalue weighted by molar-refractivity contribution is 0.262. The van der Waals surface area contributed by atoms with E-state index < -0.39 is 16.1 Å². The molecule has 2 rings (SSSR count). The first-order chi connectivity index (χ1) is 10.7. The minimum Gasteiger partial charge on any atom is -0.308 e.